The van der Waals surface area contributed by atoms with E-state index in [1.165, 1.54) is 0 Å². The third-order valence-corrected chi connectivity index (χ3v) is 12.8. The first-order valence-electron chi connectivity index (χ1n) is 14.9. The summed E-state index contributed by atoms with van der Waals surface area (Å²) in [4.78, 5) is 77.1. The molecular formula is C28H26F6N2O9. The second kappa shape index (κ2) is 8.37. The molecule has 244 valence electrons. The number of alkyl halides is 6. The molecule has 4 saturated heterocycles. The summed E-state index contributed by atoms with van der Waals surface area (Å²) in [7, 11) is 0. The van der Waals surface area contributed by atoms with Gasteiger partial charge in [0.1, 0.15) is 0 Å². The summed E-state index contributed by atoms with van der Waals surface area (Å²) in [5.41, 5.74) is -6.80. The largest absolute Gasteiger partial charge is 0.481 e. The molecule has 4 heterocycles. The molecule has 4 aliphatic heterocycles. The second-order valence-corrected chi connectivity index (χ2v) is 14.0. The van der Waals surface area contributed by atoms with Crippen molar-refractivity contribution in [1.82, 2.24) is 9.80 Å². The summed E-state index contributed by atoms with van der Waals surface area (Å²) >= 11 is 0. The van der Waals surface area contributed by atoms with Crippen LogP contribution >= 0.6 is 0 Å². The average Bonchev–Trinajstić information content (AvgIpc) is 3.76. The van der Waals surface area contributed by atoms with Gasteiger partial charge in [0.25, 0.3) is 0 Å². The van der Waals surface area contributed by atoms with Crippen LogP contribution in [-0.4, -0.2) is 92.2 Å². The Labute approximate surface area is 249 Å². The number of carbonyl (C=O) groups excluding carboxylic acids is 4. The van der Waals surface area contributed by atoms with Gasteiger partial charge in [0.05, 0.1) is 36.5 Å². The van der Waals surface area contributed by atoms with Gasteiger partial charge in [-0.1, -0.05) is 0 Å². The van der Waals surface area contributed by atoms with Crippen molar-refractivity contribution < 1.29 is 70.1 Å². The molecule has 45 heavy (non-hydrogen) atoms. The zero-order valence-electron chi connectivity index (χ0n) is 23.1. The SMILES string of the molecule is O=C(O)CCN1C(=O)[C@@H]2[C@H]3C[C@@H]([C@@H]2C1=O)[C@H]1[C@@H]3C2(C(F)(F)F)OC1(C(F)(F)F)[C@@H]1[C@@H]3C[C@@H]([C@@H]4C(=O)N(CCC(=O)O)C(=O)[C@H]34)[C@@H]12. The minimum absolute atomic E-state index is 0.240. The minimum atomic E-state index is -5.38. The number of likely N-dealkylation sites (tertiary alicyclic amines) is 2. The smallest absolute Gasteiger partial charge is 0.418 e. The summed E-state index contributed by atoms with van der Waals surface area (Å²) < 4.78 is 99.0. The molecule has 2 N–H and O–H groups in total. The predicted octanol–water partition coefficient (Wildman–Crippen LogP) is 1.55. The molecule has 17 heteroatoms. The number of rotatable bonds is 6. The van der Waals surface area contributed by atoms with E-state index in [1.807, 2.05) is 0 Å². The fourth-order valence-corrected chi connectivity index (χ4v) is 12.2. The molecule has 4 amide bonds. The van der Waals surface area contributed by atoms with E-state index in [0.717, 1.165) is 0 Å². The standard InChI is InChI=1S/C28H26F6N2O9/c29-27(30,31)25-17-7-5-8(14-13(7)21(41)35(22(14)42)3-1-11(37)38)18(17)26(45-25,28(32,33)34)20-10-6-9(19(20)25)15-16(10)24(44)36(23(15)43)4-2-12(39)40/h7-10,13-20H,1-6H2,(H,37,38)(H,39,40)/t7-,8+,9+,10-,13-,14+,15+,16-,17-,18+,19+,20-,25?,26?. The van der Waals surface area contributed by atoms with Crippen molar-refractivity contribution in [3.8, 4) is 0 Å². The summed E-state index contributed by atoms with van der Waals surface area (Å²) in [6.45, 7) is -1.11. The predicted molar refractivity (Wildman–Crippen MR) is 128 cm³/mol. The Morgan fingerprint density at radius 1 is 0.622 bits per heavy atom. The first kappa shape index (κ1) is 29.2. The number of ether oxygens (including phenoxy) is 1. The number of fused-ring (bicyclic) bond motifs is 22. The quantitative estimate of drug-likeness (QED) is 0.322. The maximum absolute atomic E-state index is 15.6. The van der Waals surface area contributed by atoms with Crippen LogP contribution in [0.5, 0.6) is 0 Å². The van der Waals surface area contributed by atoms with E-state index in [4.69, 9.17) is 14.9 Å². The van der Waals surface area contributed by atoms with Crippen molar-refractivity contribution in [1.29, 1.82) is 0 Å². The molecule has 8 fully saturated rings. The maximum Gasteiger partial charge on any atom is 0.418 e. The molecule has 8 rings (SSSR count). The highest BCUT2D eigenvalue weighted by Crippen LogP contribution is 2.86. The lowest BCUT2D eigenvalue weighted by molar-refractivity contribution is -0.329. The Bertz CT molecular complexity index is 1320. The lowest BCUT2D eigenvalue weighted by Crippen LogP contribution is -2.66. The van der Waals surface area contributed by atoms with Crippen molar-refractivity contribution in [2.24, 2.45) is 71.0 Å². The molecule has 0 spiro atoms. The van der Waals surface area contributed by atoms with Gasteiger partial charge in [0.2, 0.25) is 23.6 Å². The number of hydrogen-bond acceptors (Lipinski definition) is 7. The van der Waals surface area contributed by atoms with E-state index in [-0.39, 0.29) is 12.8 Å². The van der Waals surface area contributed by atoms with Crippen molar-refractivity contribution in [3.63, 3.8) is 0 Å². The number of carbonyl (C=O) groups is 6. The Morgan fingerprint density at radius 3 is 1.11 bits per heavy atom. The van der Waals surface area contributed by atoms with Crippen LogP contribution in [0.3, 0.4) is 0 Å². The fraction of sp³-hybridized carbons (Fsp3) is 0.786. The molecule has 6 bridgehead atoms. The number of hydrogen-bond donors (Lipinski definition) is 2. The van der Waals surface area contributed by atoms with E-state index in [2.05, 4.69) is 0 Å². The Hall–Kier alpha value is -3.24. The van der Waals surface area contributed by atoms with E-state index < -0.39 is 156 Å². The molecule has 0 aromatic carbocycles. The van der Waals surface area contributed by atoms with E-state index >= 15 is 26.3 Å². The molecular weight excluding hydrogens is 622 g/mol. The maximum atomic E-state index is 15.6. The van der Waals surface area contributed by atoms with Crippen molar-refractivity contribution in [2.45, 2.75) is 49.2 Å². The number of carboxylic acid groups (broad SMARTS) is 2. The van der Waals surface area contributed by atoms with Gasteiger partial charge in [-0.3, -0.25) is 38.6 Å². The van der Waals surface area contributed by atoms with E-state index in [0.29, 0.717) is 9.80 Å². The first-order valence-corrected chi connectivity index (χ1v) is 14.9. The number of halogens is 6. The minimum Gasteiger partial charge on any atom is -0.481 e. The van der Waals surface area contributed by atoms with Crippen LogP contribution in [0.2, 0.25) is 0 Å². The molecule has 4 aliphatic carbocycles. The average molecular weight is 649 g/mol. The summed E-state index contributed by atoms with van der Waals surface area (Å²) in [6, 6.07) is 0. The van der Waals surface area contributed by atoms with Crippen LogP contribution in [0.4, 0.5) is 26.3 Å². The van der Waals surface area contributed by atoms with Crippen molar-refractivity contribution >= 4 is 35.6 Å². The van der Waals surface area contributed by atoms with Gasteiger partial charge in [-0.2, -0.15) is 26.3 Å². The van der Waals surface area contributed by atoms with Gasteiger partial charge < -0.3 is 14.9 Å². The van der Waals surface area contributed by atoms with E-state index in [9.17, 15) is 28.8 Å². The molecule has 8 aliphatic rings. The van der Waals surface area contributed by atoms with Crippen LogP contribution in [0.15, 0.2) is 0 Å². The summed E-state index contributed by atoms with van der Waals surface area (Å²) in [5.74, 6) is -24.3. The molecule has 0 aromatic rings. The molecule has 11 nitrogen and oxygen atoms in total. The molecule has 0 aromatic heterocycles. The number of imide groups is 2. The molecule has 14 atom stereocenters. The van der Waals surface area contributed by atoms with Crippen molar-refractivity contribution in [2.75, 3.05) is 13.1 Å². The number of aliphatic carboxylic acids is 2. The van der Waals surface area contributed by atoms with Gasteiger partial charge in [0.15, 0.2) is 11.2 Å². The monoisotopic (exact) mass is 648 g/mol. The third kappa shape index (κ3) is 3.00. The van der Waals surface area contributed by atoms with Crippen LogP contribution in [-0.2, 0) is 33.5 Å². The summed E-state index contributed by atoms with van der Waals surface area (Å²) in [6.07, 6.45) is -12.5. The van der Waals surface area contributed by atoms with Crippen LogP contribution in [0.1, 0.15) is 25.7 Å². The van der Waals surface area contributed by atoms with Gasteiger partial charge in [0, 0.05) is 36.8 Å². The fourth-order valence-electron chi connectivity index (χ4n) is 12.2. The van der Waals surface area contributed by atoms with Gasteiger partial charge in [-0.15, -0.1) is 0 Å². The topological polar surface area (TPSA) is 159 Å². The van der Waals surface area contributed by atoms with E-state index in [1.54, 1.807) is 0 Å². The lowest BCUT2D eigenvalue weighted by atomic mass is 9.46. The van der Waals surface area contributed by atoms with Crippen LogP contribution in [0, 0.1) is 71.0 Å². The second-order valence-electron chi connectivity index (χ2n) is 14.0. The molecule has 4 saturated carbocycles. The molecule has 2 unspecified atom stereocenters. The highest BCUT2D eigenvalue weighted by atomic mass is 19.4. The van der Waals surface area contributed by atoms with Gasteiger partial charge in [-0.05, 0) is 36.5 Å². The van der Waals surface area contributed by atoms with Crippen LogP contribution in [0.25, 0.3) is 0 Å². The highest BCUT2D eigenvalue weighted by Gasteiger charge is 2.97. The number of carboxylic acids is 2. The third-order valence-electron chi connectivity index (χ3n) is 12.8. The first-order chi connectivity index (χ1) is 20.9. The summed E-state index contributed by atoms with van der Waals surface area (Å²) in [5, 5.41) is 18.1. The lowest BCUT2D eigenvalue weighted by Gasteiger charge is -2.53. The Kier molecular flexibility index (Phi) is 5.43. The zero-order valence-corrected chi connectivity index (χ0v) is 23.1. The Morgan fingerprint density at radius 2 is 0.889 bits per heavy atom. The van der Waals surface area contributed by atoms with Gasteiger partial charge in [-0.25, -0.2) is 0 Å². The Balaban J connectivity index is 1.25. The van der Waals surface area contributed by atoms with Gasteiger partial charge >= 0.3 is 24.3 Å². The number of nitrogens with zero attached hydrogens (tertiary/aromatic N) is 2. The number of amides is 4. The zero-order chi connectivity index (χ0) is 32.5. The van der Waals surface area contributed by atoms with Crippen LogP contribution < -0.4 is 0 Å². The van der Waals surface area contributed by atoms with Crippen molar-refractivity contribution in [3.05, 3.63) is 0 Å². The highest BCUT2D eigenvalue weighted by molar-refractivity contribution is 6.07. The molecule has 0 radical (unpaired) electrons. The normalized spacial score (nSPS) is 48.5.